The molecule has 17 heavy (non-hydrogen) atoms. The minimum Gasteiger partial charge on any atom is -0.492 e. The molecule has 0 atom stereocenters. The van der Waals surface area contributed by atoms with Gasteiger partial charge >= 0.3 is 0 Å². The summed E-state index contributed by atoms with van der Waals surface area (Å²) in [5.74, 6) is 0.521. The monoisotopic (exact) mass is 256 g/mol. The summed E-state index contributed by atoms with van der Waals surface area (Å²) in [6.07, 6.45) is 0. The summed E-state index contributed by atoms with van der Waals surface area (Å²) >= 11 is 5.74. The maximum absolute atomic E-state index is 11.4. The van der Waals surface area contributed by atoms with Crippen LogP contribution in [0.1, 0.15) is 13.8 Å². The highest BCUT2D eigenvalue weighted by Gasteiger charge is 2.20. The number of halogens is 1. The molecule has 0 heterocycles. The summed E-state index contributed by atoms with van der Waals surface area (Å²) in [7, 11) is 0. The van der Waals surface area contributed by atoms with Gasteiger partial charge in [-0.1, -0.05) is 11.6 Å². The van der Waals surface area contributed by atoms with Gasteiger partial charge in [0, 0.05) is 5.02 Å². The van der Waals surface area contributed by atoms with Crippen LogP contribution >= 0.6 is 11.6 Å². The number of rotatable bonds is 5. The number of hydrogen-bond acceptors (Lipinski definition) is 3. The van der Waals surface area contributed by atoms with Crippen molar-refractivity contribution in [3.05, 3.63) is 29.3 Å². The molecule has 3 N–H and O–H groups in total. The van der Waals surface area contributed by atoms with Crippen molar-refractivity contribution in [2.45, 2.75) is 19.4 Å². The first kappa shape index (κ1) is 13.8. The molecule has 1 rings (SSSR count). The number of nitrogens with two attached hydrogens (primary N) is 1. The topological polar surface area (TPSA) is 64.4 Å². The summed E-state index contributed by atoms with van der Waals surface area (Å²) in [4.78, 5) is 11.4. The molecule has 0 aliphatic rings. The van der Waals surface area contributed by atoms with Crippen LogP contribution in [0.2, 0.25) is 5.02 Å². The molecule has 0 aromatic heterocycles. The molecule has 0 unspecified atom stereocenters. The Morgan fingerprint density at radius 3 is 2.53 bits per heavy atom. The summed E-state index contributed by atoms with van der Waals surface area (Å²) < 4.78 is 5.41. The number of carbonyl (C=O) groups excluding carboxylic acids is 1. The van der Waals surface area contributed by atoms with Gasteiger partial charge in [0.25, 0.3) is 0 Å². The van der Waals surface area contributed by atoms with E-state index in [-0.39, 0.29) is 5.91 Å². The summed E-state index contributed by atoms with van der Waals surface area (Å²) in [5.41, 5.74) is 4.76. The Labute approximate surface area is 106 Å². The number of ether oxygens (including phenoxy) is 1. The summed E-state index contributed by atoms with van der Waals surface area (Å²) in [5, 5.41) is 3.35. The quantitative estimate of drug-likeness (QED) is 0.786. The molecule has 1 aromatic carbocycles. The van der Waals surface area contributed by atoms with Crippen LogP contribution in [0, 0.1) is 0 Å². The van der Waals surface area contributed by atoms with E-state index in [2.05, 4.69) is 5.32 Å². The first-order valence-electron chi connectivity index (χ1n) is 5.35. The molecule has 1 aromatic rings. The largest absolute Gasteiger partial charge is 0.492 e. The Morgan fingerprint density at radius 2 is 2.00 bits per heavy atom. The van der Waals surface area contributed by atoms with Crippen LogP contribution in [0.5, 0.6) is 5.75 Å². The zero-order valence-corrected chi connectivity index (χ0v) is 10.8. The zero-order valence-electron chi connectivity index (χ0n) is 10.00. The van der Waals surface area contributed by atoms with Gasteiger partial charge in [-0.2, -0.15) is 0 Å². The van der Waals surface area contributed by atoms with Crippen molar-refractivity contribution in [3.8, 4) is 5.75 Å². The number of carbonyl (C=O) groups is 1. The van der Waals surface area contributed by atoms with Crippen LogP contribution in [-0.2, 0) is 4.79 Å². The molecule has 0 fully saturated rings. The summed E-state index contributed by atoms with van der Waals surface area (Å²) in [6.45, 7) is 4.12. The Kier molecular flexibility index (Phi) is 4.78. The average Bonchev–Trinajstić information content (AvgIpc) is 2.25. The lowest BCUT2D eigenvalue weighted by atomic mass is 10.1. The van der Waals surface area contributed by atoms with Gasteiger partial charge in [-0.3, -0.25) is 4.79 Å². The van der Waals surface area contributed by atoms with Crippen LogP contribution < -0.4 is 15.8 Å². The number of hydrogen-bond donors (Lipinski definition) is 2. The second kappa shape index (κ2) is 5.89. The van der Waals surface area contributed by atoms with Gasteiger partial charge in [0.1, 0.15) is 12.4 Å². The van der Waals surface area contributed by atoms with Gasteiger partial charge in [-0.05, 0) is 38.1 Å². The first-order chi connectivity index (χ1) is 7.89. The van der Waals surface area contributed by atoms with Crippen LogP contribution in [-0.4, -0.2) is 24.6 Å². The van der Waals surface area contributed by atoms with Gasteiger partial charge < -0.3 is 15.8 Å². The third-order valence-electron chi connectivity index (χ3n) is 2.06. The van der Waals surface area contributed by atoms with E-state index >= 15 is 0 Å². The fraction of sp³-hybridized carbons (Fsp3) is 0.417. The molecular formula is C12H17ClN2O2. The van der Waals surface area contributed by atoms with Gasteiger partial charge in [-0.25, -0.2) is 0 Å². The van der Waals surface area contributed by atoms with Gasteiger partial charge in [0.05, 0.1) is 12.1 Å². The van der Waals surface area contributed by atoms with E-state index in [1.807, 2.05) is 0 Å². The average molecular weight is 257 g/mol. The molecular weight excluding hydrogens is 240 g/mol. The fourth-order valence-corrected chi connectivity index (χ4v) is 1.22. The number of benzene rings is 1. The summed E-state index contributed by atoms with van der Waals surface area (Å²) in [6, 6.07) is 7.05. The Balaban J connectivity index is 2.25. The molecule has 0 radical (unpaired) electrons. The van der Waals surface area contributed by atoms with Crippen molar-refractivity contribution in [2.75, 3.05) is 13.2 Å². The van der Waals surface area contributed by atoms with Crippen LogP contribution in [0.15, 0.2) is 24.3 Å². The van der Waals surface area contributed by atoms with E-state index in [1.54, 1.807) is 38.1 Å². The lowest BCUT2D eigenvalue weighted by Crippen LogP contribution is -2.49. The van der Waals surface area contributed by atoms with Gasteiger partial charge in [0.2, 0.25) is 5.91 Å². The standard InChI is InChI=1S/C12H17ClN2O2/c1-12(2,14)11(16)15-7-8-17-10-5-3-9(13)4-6-10/h3-6H,7-8,14H2,1-2H3,(H,15,16). The Morgan fingerprint density at radius 1 is 1.41 bits per heavy atom. The predicted octanol–water partition coefficient (Wildman–Crippen LogP) is 1.57. The smallest absolute Gasteiger partial charge is 0.239 e. The second-order valence-electron chi connectivity index (χ2n) is 4.28. The van der Waals surface area contributed by atoms with Gasteiger partial charge in [0.15, 0.2) is 0 Å². The van der Waals surface area contributed by atoms with Gasteiger partial charge in [-0.15, -0.1) is 0 Å². The Bertz CT molecular complexity index is 371. The molecule has 5 heteroatoms. The van der Waals surface area contributed by atoms with E-state index in [0.717, 1.165) is 5.75 Å². The van der Waals surface area contributed by atoms with Crippen molar-refractivity contribution >= 4 is 17.5 Å². The molecule has 4 nitrogen and oxygen atoms in total. The van der Waals surface area contributed by atoms with E-state index in [0.29, 0.717) is 18.2 Å². The highest BCUT2D eigenvalue weighted by atomic mass is 35.5. The predicted molar refractivity (Wildman–Crippen MR) is 68.2 cm³/mol. The van der Waals surface area contributed by atoms with E-state index in [1.165, 1.54) is 0 Å². The minimum absolute atomic E-state index is 0.197. The minimum atomic E-state index is -0.861. The van der Waals surface area contributed by atoms with Crippen molar-refractivity contribution in [1.29, 1.82) is 0 Å². The van der Waals surface area contributed by atoms with Crippen molar-refractivity contribution < 1.29 is 9.53 Å². The molecule has 1 amide bonds. The molecule has 0 saturated heterocycles. The maximum Gasteiger partial charge on any atom is 0.239 e. The molecule has 0 bridgehead atoms. The maximum atomic E-state index is 11.4. The van der Waals surface area contributed by atoms with Crippen LogP contribution in [0.3, 0.4) is 0 Å². The van der Waals surface area contributed by atoms with Crippen LogP contribution in [0.25, 0.3) is 0 Å². The molecule has 0 saturated carbocycles. The third-order valence-corrected chi connectivity index (χ3v) is 2.31. The van der Waals surface area contributed by atoms with Crippen molar-refractivity contribution in [1.82, 2.24) is 5.32 Å². The third kappa shape index (κ3) is 5.06. The highest BCUT2D eigenvalue weighted by Crippen LogP contribution is 2.15. The Hall–Kier alpha value is -1.26. The van der Waals surface area contributed by atoms with E-state index in [4.69, 9.17) is 22.1 Å². The second-order valence-corrected chi connectivity index (χ2v) is 4.72. The molecule has 0 aliphatic carbocycles. The number of nitrogens with one attached hydrogen (secondary N) is 1. The van der Waals surface area contributed by atoms with E-state index in [9.17, 15) is 4.79 Å². The van der Waals surface area contributed by atoms with Crippen molar-refractivity contribution in [2.24, 2.45) is 5.73 Å². The molecule has 0 spiro atoms. The molecule has 94 valence electrons. The normalized spacial score (nSPS) is 11.1. The number of amides is 1. The molecule has 0 aliphatic heterocycles. The SMILES string of the molecule is CC(C)(N)C(=O)NCCOc1ccc(Cl)cc1. The lowest BCUT2D eigenvalue weighted by molar-refractivity contribution is -0.125. The first-order valence-corrected chi connectivity index (χ1v) is 5.73. The highest BCUT2D eigenvalue weighted by molar-refractivity contribution is 6.30. The van der Waals surface area contributed by atoms with Crippen molar-refractivity contribution in [3.63, 3.8) is 0 Å². The van der Waals surface area contributed by atoms with E-state index < -0.39 is 5.54 Å². The van der Waals surface area contributed by atoms with Crippen LogP contribution in [0.4, 0.5) is 0 Å². The zero-order chi connectivity index (χ0) is 12.9. The lowest BCUT2D eigenvalue weighted by Gasteiger charge is -2.17. The fourth-order valence-electron chi connectivity index (χ4n) is 1.09.